The van der Waals surface area contributed by atoms with E-state index in [2.05, 4.69) is 0 Å². The zero-order chi connectivity index (χ0) is 12.3. The van der Waals surface area contributed by atoms with Gasteiger partial charge in [-0.2, -0.15) is 4.90 Å². The molecule has 0 aromatic heterocycles. The zero-order valence-electron chi connectivity index (χ0n) is 8.77. The second-order valence-electron chi connectivity index (χ2n) is 2.86. The Labute approximate surface area is 113 Å². The van der Waals surface area contributed by atoms with Crippen molar-refractivity contribution in [1.29, 1.82) is 5.41 Å². The van der Waals surface area contributed by atoms with Crippen LogP contribution in [0.2, 0.25) is 0 Å². The van der Waals surface area contributed by atoms with Crippen molar-refractivity contribution in [2.45, 2.75) is 6.30 Å². The van der Waals surface area contributed by atoms with Gasteiger partial charge in [0.2, 0.25) is 5.96 Å². The maximum absolute atomic E-state index is 12.4. The Hall–Kier alpha value is -1.47. The number of benzene rings is 1. The normalized spacial score (nSPS) is 9.72. The molecule has 0 aliphatic carbocycles. The van der Waals surface area contributed by atoms with Crippen LogP contribution in [0, 0.1) is 5.41 Å². The number of halogens is 5. The minimum Gasteiger partial charge on any atom is -0.369 e. The fraction of sp³-hybridized carbons (Fsp3) is 0.111. The fourth-order valence-corrected chi connectivity index (χ4v) is 1.07. The molecule has 1 aromatic carbocycles. The van der Waals surface area contributed by atoms with Crippen LogP contribution in [-0.4, -0.2) is 23.1 Å². The molecule has 0 atom stereocenters. The van der Waals surface area contributed by atoms with Crippen LogP contribution in [0.3, 0.4) is 0 Å². The van der Waals surface area contributed by atoms with E-state index in [9.17, 15) is 18.0 Å². The summed E-state index contributed by atoms with van der Waals surface area (Å²) in [6.45, 7) is 0. The third-order valence-corrected chi connectivity index (χ3v) is 1.72. The lowest BCUT2D eigenvalue weighted by atomic mass is 10.2. The summed E-state index contributed by atoms with van der Waals surface area (Å²) < 4.78 is 37.2. The van der Waals surface area contributed by atoms with Gasteiger partial charge in [0.15, 0.2) is 0 Å². The number of carbonyl (C=O) groups is 1. The summed E-state index contributed by atoms with van der Waals surface area (Å²) in [7, 11) is 0. The molecule has 0 fully saturated rings. The first-order valence-electron chi connectivity index (χ1n) is 4.14. The molecule has 102 valence electrons. The molecule has 1 rings (SSSR count). The molecule has 0 bridgehead atoms. The van der Waals surface area contributed by atoms with E-state index in [1.807, 2.05) is 0 Å². The SMILES string of the molecule is Cl.Cl.N=C(N)N(C(=O)c1ccccc1)C(F)(F)F. The maximum Gasteiger partial charge on any atom is 0.494 e. The molecule has 1 aromatic rings. The lowest BCUT2D eigenvalue weighted by molar-refractivity contribution is -0.200. The van der Waals surface area contributed by atoms with Gasteiger partial charge in [0.1, 0.15) is 0 Å². The van der Waals surface area contributed by atoms with Crippen LogP contribution in [0.25, 0.3) is 0 Å². The van der Waals surface area contributed by atoms with Gasteiger partial charge in [0.25, 0.3) is 5.91 Å². The molecular formula is C9H10Cl2F3N3O. The monoisotopic (exact) mass is 303 g/mol. The van der Waals surface area contributed by atoms with Crippen LogP contribution in [0.1, 0.15) is 10.4 Å². The lowest BCUT2D eigenvalue weighted by Crippen LogP contribution is -2.50. The zero-order valence-corrected chi connectivity index (χ0v) is 10.4. The van der Waals surface area contributed by atoms with Crippen LogP contribution in [0.15, 0.2) is 30.3 Å². The number of nitrogens with two attached hydrogens (primary N) is 1. The Balaban J connectivity index is 0. The van der Waals surface area contributed by atoms with Gasteiger partial charge in [-0.05, 0) is 12.1 Å². The molecule has 0 saturated carbocycles. The first-order valence-corrected chi connectivity index (χ1v) is 4.14. The number of carbonyl (C=O) groups excluding carboxylic acids is 1. The number of hydrogen-bond acceptors (Lipinski definition) is 2. The average Bonchev–Trinajstić information content (AvgIpc) is 2.16. The summed E-state index contributed by atoms with van der Waals surface area (Å²) in [4.78, 5) is 10.7. The highest BCUT2D eigenvalue weighted by molar-refractivity contribution is 6.04. The molecule has 0 heterocycles. The van der Waals surface area contributed by atoms with Crippen LogP contribution in [0.4, 0.5) is 13.2 Å². The van der Waals surface area contributed by atoms with Crippen LogP contribution in [-0.2, 0) is 0 Å². The number of amides is 1. The quantitative estimate of drug-likeness (QED) is 0.475. The van der Waals surface area contributed by atoms with E-state index < -0.39 is 23.1 Å². The highest BCUT2D eigenvalue weighted by atomic mass is 35.5. The third kappa shape index (κ3) is 4.42. The predicted molar refractivity (Wildman–Crippen MR) is 65.1 cm³/mol. The number of nitrogens with zero attached hydrogens (tertiary/aromatic N) is 1. The fourth-order valence-electron chi connectivity index (χ4n) is 1.07. The van der Waals surface area contributed by atoms with Crippen molar-refractivity contribution in [1.82, 2.24) is 4.90 Å². The van der Waals surface area contributed by atoms with E-state index in [0.717, 1.165) is 0 Å². The molecule has 4 nitrogen and oxygen atoms in total. The number of hydrogen-bond donors (Lipinski definition) is 2. The molecule has 3 N–H and O–H groups in total. The van der Waals surface area contributed by atoms with E-state index in [4.69, 9.17) is 11.1 Å². The summed E-state index contributed by atoms with van der Waals surface area (Å²) in [5, 5.41) is 6.75. The number of guanidine groups is 1. The second kappa shape index (κ2) is 7.07. The molecule has 0 aliphatic rings. The first kappa shape index (κ1) is 18.9. The van der Waals surface area contributed by atoms with Gasteiger partial charge in [-0.3, -0.25) is 10.2 Å². The van der Waals surface area contributed by atoms with E-state index >= 15 is 0 Å². The van der Waals surface area contributed by atoms with Gasteiger partial charge in [-0.25, -0.2) is 0 Å². The van der Waals surface area contributed by atoms with Crippen molar-refractivity contribution in [2.75, 3.05) is 0 Å². The van der Waals surface area contributed by atoms with Crippen molar-refractivity contribution >= 4 is 36.7 Å². The summed E-state index contributed by atoms with van der Waals surface area (Å²) in [6.07, 6.45) is -5.00. The maximum atomic E-state index is 12.4. The lowest BCUT2D eigenvalue weighted by Gasteiger charge is -2.22. The number of rotatable bonds is 1. The highest BCUT2D eigenvalue weighted by Crippen LogP contribution is 2.22. The third-order valence-electron chi connectivity index (χ3n) is 1.72. The van der Waals surface area contributed by atoms with Crippen molar-refractivity contribution in [3.63, 3.8) is 0 Å². The largest absolute Gasteiger partial charge is 0.494 e. The van der Waals surface area contributed by atoms with E-state index in [1.54, 1.807) is 6.07 Å². The summed E-state index contributed by atoms with van der Waals surface area (Å²) in [6, 6.07) is 6.82. The Morgan fingerprint density at radius 2 is 1.61 bits per heavy atom. The minimum absolute atomic E-state index is 0. The average molecular weight is 304 g/mol. The smallest absolute Gasteiger partial charge is 0.369 e. The summed E-state index contributed by atoms with van der Waals surface area (Å²) in [5.41, 5.74) is 4.54. The molecule has 0 radical (unpaired) electrons. The van der Waals surface area contributed by atoms with Gasteiger partial charge in [-0.15, -0.1) is 38.0 Å². The molecule has 1 amide bonds. The molecule has 0 unspecified atom stereocenters. The van der Waals surface area contributed by atoms with Gasteiger partial charge in [-0.1, -0.05) is 18.2 Å². The predicted octanol–water partition coefficient (Wildman–Crippen LogP) is 2.39. The van der Waals surface area contributed by atoms with Gasteiger partial charge in [0.05, 0.1) is 0 Å². The minimum atomic E-state index is -5.00. The van der Waals surface area contributed by atoms with Crippen molar-refractivity contribution in [3.05, 3.63) is 35.9 Å². The van der Waals surface area contributed by atoms with E-state index in [1.165, 1.54) is 24.3 Å². The Morgan fingerprint density at radius 1 is 1.17 bits per heavy atom. The molecular weight excluding hydrogens is 294 g/mol. The molecule has 0 spiro atoms. The van der Waals surface area contributed by atoms with Crippen LogP contribution >= 0.6 is 24.8 Å². The van der Waals surface area contributed by atoms with Gasteiger partial charge < -0.3 is 5.73 Å². The topological polar surface area (TPSA) is 70.2 Å². The number of alkyl halides is 3. The Bertz CT molecular complexity index is 411. The van der Waals surface area contributed by atoms with Gasteiger partial charge in [0, 0.05) is 5.56 Å². The van der Waals surface area contributed by atoms with Crippen LogP contribution in [0.5, 0.6) is 0 Å². The van der Waals surface area contributed by atoms with Crippen LogP contribution < -0.4 is 5.73 Å². The van der Waals surface area contributed by atoms with Crippen molar-refractivity contribution in [2.24, 2.45) is 5.73 Å². The standard InChI is InChI=1S/C9H8F3N3O.2ClH/c10-9(11,12)15(8(13)14)7(16)6-4-2-1-3-5-6;;/h1-5H,(H3,13,14);2*1H. The molecule has 0 aliphatic heterocycles. The molecule has 0 saturated heterocycles. The second-order valence-corrected chi connectivity index (χ2v) is 2.86. The Morgan fingerprint density at radius 3 is 1.94 bits per heavy atom. The summed E-state index contributed by atoms with van der Waals surface area (Å²) in [5.74, 6) is -2.73. The first-order chi connectivity index (χ1) is 7.34. The number of nitrogens with one attached hydrogen (secondary N) is 1. The Kier molecular flexibility index (Phi) is 7.42. The van der Waals surface area contributed by atoms with Gasteiger partial charge >= 0.3 is 6.30 Å². The molecule has 9 heteroatoms. The summed E-state index contributed by atoms with van der Waals surface area (Å²) >= 11 is 0. The van der Waals surface area contributed by atoms with Crippen molar-refractivity contribution < 1.29 is 18.0 Å². The highest BCUT2D eigenvalue weighted by Gasteiger charge is 2.43. The van der Waals surface area contributed by atoms with Crippen molar-refractivity contribution in [3.8, 4) is 0 Å². The van der Waals surface area contributed by atoms with E-state index in [0.29, 0.717) is 0 Å². The van der Waals surface area contributed by atoms with E-state index in [-0.39, 0.29) is 30.4 Å². The molecule has 18 heavy (non-hydrogen) atoms.